The Labute approximate surface area is 145 Å². The molecule has 2 aromatic rings. The first kappa shape index (κ1) is 19.2. The van der Waals surface area contributed by atoms with Crippen molar-refractivity contribution in [1.82, 2.24) is 5.23 Å². The van der Waals surface area contributed by atoms with Gasteiger partial charge >= 0.3 is 0 Å². The van der Waals surface area contributed by atoms with Crippen molar-refractivity contribution in [2.24, 2.45) is 0 Å². The third-order valence-corrected chi connectivity index (χ3v) is 5.11. The average molecular weight is 384 g/mol. The molecular weight excluding hydrogens is 371 g/mol. The van der Waals surface area contributed by atoms with Crippen molar-refractivity contribution in [3.63, 3.8) is 0 Å². The number of fused-ring (bicyclic) bond motifs is 1. The van der Waals surface area contributed by atoms with Gasteiger partial charge in [-0.25, -0.2) is 0 Å². The van der Waals surface area contributed by atoms with Crippen molar-refractivity contribution < 1.29 is 30.7 Å². The Morgan fingerprint density at radius 2 is 1.72 bits per heavy atom. The molecule has 4 N–H and O–H groups in total. The normalized spacial score (nSPS) is 13.4. The summed E-state index contributed by atoms with van der Waals surface area (Å²) in [5.41, 5.74) is 0.359. The summed E-state index contributed by atoms with van der Waals surface area (Å²) in [6, 6.07) is 5.08. The third kappa shape index (κ3) is 4.28. The second kappa shape index (κ2) is 6.63. The van der Waals surface area contributed by atoms with Gasteiger partial charge in [-0.15, -0.1) is 0 Å². The maximum absolute atomic E-state index is 11.5. The van der Waals surface area contributed by atoms with Gasteiger partial charge in [0.15, 0.2) is 0 Å². The number of amides is 1. The van der Waals surface area contributed by atoms with Crippen LogP contribution in [0.4, 0.5) is 5.69 Å². The lowest BCUT2D eigenvalue weighted by molar-refractivity contribution is -0.119. The zero-order valence-corrected chi connectivity index (χ0v) is 14.4. The number of nitrogens with one attached hydrogen (secondary N) is 2. The van der Waals surface area contributed by atoms with E-state index in [2.05, 4.69) is 5.32 Å². The van der Waals surface area contributed by atoms with Crippen LogP contribution < -0.4 is 10.5 Å². The quantitative estimate of drug-likeness (QED) is 0.426. The molecule has 0 fully saturated rings. The highest BCUT2D eigenvalue weighted by Crippen LogP contribution is 2.29. The second-order valence-electron chi connectivity index (χ2n) is 5.18. The van der Waals surface area contributed by atoms with Crippen LogP contribution >= 0.6 is 0 Å². The van der Waals surface area contributed by atoms with Crippen LogP contribution in [0.1, 0.15) is 6.92 Å². The second-order valence-corrected chi connectivity index (χ2v) is 7.99. The fourth-order valence-electron chi connectivity index (χ4n) is 2.20. The molecule has 0 heterocycles. The fourth-order valence-corrected chi connectivity index (χ4v) is 3.56. The van der Waals surface area contributed by atoms with Gasteiger partial charge in [0.2, 0.25) is 13.9 Å². The van der Waals surface area contributed by atoms with Crippen molar-refractivity contribution >= 4 is 50.6 Å². The number of carbonyl (C=O) groups excluding carboxylic acids is 1. The van der Waals surface area contributed by atoms with E-state index in [0.29, 0.717) is 11.8 Å². The van der Waals surface area contributed by atoms with Crippen molar-refractivity contribution in [2.45, 2.75) is 22.8 Å². The van der Waals surface area contributed by atoms with Gasteiger partial charge in [-0.05, 0) is 36.6 Å². The van der Waals surface area contributed by atoms with E-state index in [9.17, 15) is 30.7 Å². The van der Waals surface area contributed by atoms with E-state index in [1.807, 2.05) is 5.23 Å². The lowest BCUT2D eigenvalue weighted by atomic mass is 10.1. The molecule has 0 aliphatic carbocycles. The third-order valence-electron chi connectivity index (χ3n) is 3.38. The number of hydrogen-bond donors (Lipinski definition) is 4. The lowest BCUT2D eigenvalue weighted by Crippen LogP contribution is -2.35. The molecule has 2 aromatic carbocycles. The van der Waals surface area contributed by atoms with Gasteiger partial charge in [-0.1, -0.05) is 6.07 Å². The molecule has 12 heteroatoms. The van der Waals surface area contributed by atoms with E-state index in [0.717, 1.165) is 6.07 Å². The predicted octanol–water partition coefficient (Wildman–Crippen LogP) is 0.333. The highest BCUT2D eigenvalue weighted by Gasteiger charge is 2.21. The summed E-state index contributed by atoms with van der Waals surface area (Å²) < 4.78 is 64.2. The summed E-state index contributed by atoms with van der Waals surface area (Å²) in [6.07, 6.45) is 0. The van der Waals surface area contributed by atoms with E-state index < -0.39 is 42.0 Å². The Kier molecular flexibility index (Phi) is 5.09. The van der Waals surface area contributed by atoms with E-state index in [-0.39, 0.29) is 10.8 Å². The van der Waals surface area contributed by atoms with Crippen molar-refractivity contribution in [3.8, 4) is 0 Å². The highest BCUT2D eigenvalue weighted by atomic mass is 32.2. The number of hydrogen-bond acceptors (Lipinski definition) is 6. The maximum Gasteiger partial charge on any atom is 0.295 e. The summed E-state index contributed by atoms with van der Waals surface area (Å²) in [5.74, 6) is -0.509. The van der Waals surface area contributed by atoms with Crippen LogP contribution in [0.5, 0.6) is 0 Å². The van der Waals surface area contributed by atoms with E-state index in [1.165, 1.54) is 25.1 Å². The average Bonchev–Trinajstić information content (AvgIpc) is 2.50. The van der Waals surface area contributed by atoms with Crippen molar-refractivity contribution in [2.75, 3.05) is 5.32 Å². The molecule has 0 aliphatic rings. The van der Waals surface area contributed by atoms with Crippen LogP contribution in [0.15, 0.2) is 40.1 Å². The molecule has 9 nitrogen and oxygen atoms in total. The van der Waals surface area contributed by atoms with Gasteiger partial charge in [-0.3, -0.25) is 13.9 Å². The first-order chi connectivity index (χ1) is 11.4. The Morgan fingerprint density at radius 1 is 1.08 bits per heavy atom. The number of benzene rings is 2. The molecule has 25 heavy (non-hydrogen) atoms. The molecule has 0 saturated carbocycles. The van der Waals surface area contributed by atoms with Gasteiger partial charge in [0.25, 0.3) is 20.2 Å². The van der Waals surface area contributed by atoms with Crippen LogP contribution in [0.25, 0.3) is 10.8 Å². The zero-order chi connectivity index (χ0) is 19.0. The van der Waals surface area contributed by atoms with Gasteiger partial charge in [0, 0.05) is 11.1 Å². The largest absolute Gasteiger partial charge is 0.407 e. The summed E-state index contributed by atoms with van der Waals surface area (Å²) in [6.45, 7) is 1.52. The smallest absolute Gasteiger partial charge is 0.295 e. The monoisotopic (exact) mass is 384 g/mol. The summed E-state index contributed by atoms with van der Waals surface area (Å²) in [5, 5.41) is 4.88. The van der Waals surface area contributed by atoms with Gasteiger partial charge in [0.1, 0.15) is 10.9 Å². The molecule has 0 aromatic heterocycles. The van der Waals surface area contributed by atoms with Crippen LogP contribution in [-0.4, -0.2) is 45.9 Å². The number of rotatable bonds is 5. The van der Waals surface area contributed by atoms with Crippen molar-refractivity contribution in [1.29, 1.82) is 0 Å². The Hall–Kier alpha value is -2.15. The van der Waals surface area contributed by atoms with E-state index in [1.54, 1.807) is 0 Å². The molecule has 1 unspecified atom stereocenters. The first-order valence-electron chi connectivity index (χ1n) is 6.73. The SMILES string of the molecule is [B]NC(=O)C(C)Nc1ccc2c(S(=O)(=O)O)cc(S(=O)(=O)O)cc2c1. The maximum atomic E-state index is 11.5. The molecule has 2 radical (unpaired) electrons. The molecule has 1 atom stereocenters. The standard InChI is InChI=1S/C13H13BN2O7S2/c1-7(13(17)16-14)15-9-2-3-11-8(4-9)5-10(24(18,19)20)6-12(11)25(21,22)23/h2-7,15H,1H3,(H,16,17)(H,18,19,20)(H,21,22,23). The fraction of sp³-hybridized carbons (Fsp3) is 0.154. The predicted molar refractivity (Wildman–Crippen MR) is 90.6 cm³/mol. The van der Waals surface area contributed by atoms with Crippen LogP contribution in [0, 0.1) is 0 Å². The van der Waals surface area contributed by atoms with Crippen LogP contribution in [-0.2, 0) is 25.0 Å². The van der Waals surface area contributed by atoms with Gasteiger partial charge in [0.05, 0.1) is 4.90 Å². The number of carbonyl (C=O) groups is 1. The molecular formula is C13H13BN2O7S2. The minimum absolute atomic E-state index is 0.0383. The number of anilines is 1. The van der Waals surface area contributed by atoms with Crippen molar-refractivity contribution in [3.05, 3.63) is 30.3 Å². The lowest BCUT2D eigenvalue weighted by Gasteiger charge is -2.15. The topological polar surface area (TPSA) is 150 Å². The Morgan fingerprint density at radius 3 is 2.24 bits per heavy atom. The highest BCUT2D eigenvalue weighted by molar-refractivity contribution is 7.86. The van der Waals surface area contributed by atoms with Gasteiger partial charge < -0.3 is 10.5 Å². The van der Waals surface area contributed by atoms with Gasteiger partial charge in [-0.2, -0.15) is 16.8 Å². The molecule has 1 amide bonds. The zero-order valence-electron chi connectivity index (χ0n) is 12.8. The first-order valence-corrected chi connectivity index (χ1v) is 9.61. The molecule has 0 saturated heterocycles. The molecule has 132 valence electrons. The molecule has 0 aliphatic heterocycles. The summed E-state index contributed by atoms with van der Waals surface area (Å²) >= 11 is 0. The minimum Gasteiger partial charge on any atom is -0.407 e. The Bertz CT molecular complexity index is 1050. The van der Waals surface area contributed by atoms with E-state index in [4.69, 9.17) is 7.98 Å². The molecule has 0 bridgehead atoms. The summed E-state index contributed by atoms with van der Waals surface area (Å²) in [7, 11) is -4.42. The van der Waals surface area contributed by atoms with Crippen LogP contribution in [0.3, 0.4) is 0 Å². The van der Waals surface area contributed by atoms with E-state index >= 15 is 0 Å². The molecule has 2 rings (SSSR count). The minimum atomic E-state index is -4.74. The molecule has 0 spiro atoms. The Balaban J connectivity index is 2.67. The summed E-state index contributed by atoms with van der Waals surface area (Å²) in [4.78, 5) is 10.1. The van der Waals surface area contributed by atoms with Crippen LogP contribution in [0.2, 0.25) is 0 Å².